The monoisotopic (exact) mass is 197 g/mol. The van der Waals surface area contributed by atoms with Crippen LogP contribution in [0, 0.1) is 6.07 Å². The fraction of sp³-hybridized carbons (Fsp3) is 0.0769. The Morgan fingerprint density at radius 2 is 2.07 bits per heavy atom. The van der Waals surface area contributed by atoms with Crippen LogP contribution in [-0.2, 0) is 6.54 Å². The van der Waals surface area contributed by atoms with Crippen LogP contribution >= 0.6 is 0 Å². The second-order valence-corrected chi connectivity index (χ2v) is 3.42. The Bertz CT molecular complexity index is 464. The van der Waals surface area contributed by atoms with Gasteiger partial charge >= 0.3 is 0 Å². The molecule has 0 bridgehead atoms. The van der Waals surface area contributed by atoms with Crippen LogP contribution in [0.2, 0.25) is 0 Å². The first kappa shape index (κ1) is 9.74. The number of nitrogens with two attached hydrogens (primary N) is 2. The van der Waals surface area contributed by atoms with Gasteiger partial charge in [-0.2, -0.15) is 0 Å². The lowest BCUT2D eigenvalue weighted by Gasteiger charge is -2.06. The number of hydrogen-bond donors (Lipinski definition) is 2. The summed E-state index contributed by atoms with van der Waals surface area (Å²) in [5.41, 5.74) is 15.5. The van der Waals surface area contributed by atoms with Gasteiger partial charge in [-0.15, -0.1) is 0 Å². The molecule has 1 radical (unpaired) electrons. The van der Waals surface area contributed by atoms with Gasteiger partial charge < -0.3 is 11.5 Å². The Hall–Kier alpha value is -1.80. The third kappa shape index (κ3) is 2.00. The van der Waals surface area contributed by atoms with Crippen molar-refractivity contribution in [2.75, 3.05) is 5.73 Å². The van der Waals surface area contributed by atoms with Gasteiger partial charge in [0.1, 0.15) is 0 Å². The molecule has 0 saturated carbocycles. The van der Waals surface area contributed by atoms with E-state index in [4.69, 9.17) is 11.5 Å². The van der Waals surface area contributed by atoms with Gasteiger partial charge in [0.2, 0.25) is 0 Å². The van der Waals surface area contributed by atoms with E-state index in [-0.39, 0.29) is 0 Å². The average molecular weight is 197 g/mol. The molecule has 0 aliphatic carbocycles. The van der Waals surface area contributed by atoms with E-state index in [9.17, 15) is 0 Å². The SMILES string of the molecule is NCc1cccc(-c2cc[c]cc2N)c1. The van der Waals surface area contributed by atoms with E-state index < -0.39 is 0 Å². The maximum absolute atomic E-state index is 5.88. The summed E-state index contributed by atoms with van der Waals surface area (Å²) < 4.78 is 0. The van der Waals surface area contributed by atoms with E-state index in [1.54, 1.807) is 6.07 Å². The third-order valence-corrected chi connectivity index (χ3v) is 2.37. The van der Waals surface area contributed by atoms with Gasteiger partial charge in [0.25, 0.3) is 0 Å². The normalized spacial score (nSPS) is 10.2. The van der Waals surface area contributed by atoms with Crippen molar-refractivity contribution in [3.05, 3.63) is 54.1 Å². The number of rotatable bonds is 2. The molecule has 0 spiro atoms. The maximum atomic E-state index is 5.88. The smallest absolute Gasteiger partial charge is 0.0399 e. The Kier molecular flexibility index (Phi) is 2.70. The lowest BCUT2D eigenvalue weighted by molar-refractivity contribution is 1.07. The highest BCUT2D eigenvalue weighted by Crippen LogP contribution is 2.25. The molecule has 0 unspecified atom stereocenters. The molecule has 2 rings (SSSR count). The van der Waals surface area contributed by atoms with E-state index in [0.29, 0.717) is 6.54 Å². The van der Waals surface area contributed by atoms with Crippen LogP contribution in [0.25, 0.3) is 11.1 Å². The maximum Gasteiger partial charge on any atom is 0.0399 e. The Morgan fingerprint density at radius 1 is 1.20 bits per heavy atom. The molecule has 0 amide bonds. The van der Waals surface area contributed by atoms with Crippen molar-refractivity contribution >= 4 is 5.69 Å². The van der Waals surface area contributed by atoms with Gasteiger partial charge in [-0.3, -0.25) is 0 Å². The predicted molar refractivity (Wildman–Crippen MR) is 63.0 cm³/mol. The molecule has 0 aromatic heterocycles. The topological polar surface area (TPSA) is 52.0 Å². The molecule has 2 heteroatoms. The van der Waals surface area contributed by atoms with Crippen LogP contribution in [0.15, 0.2) is 42.5 Å². The van der Waals surface area contributed by atoms with Crippen molar-refractivity contribution in [3.63, 3.8) is 0 Å². The highest BCUT2D eigenvalue weighted by Gasteiger charge is 2.01. The largest absolute Gasteiger partial charge is 0.398 e. The zero-order valence-electron chi connectivity index (χ0n) is 8.40. The van der Waals surface area contributed by atoms with Gasteiger partial charge in [-0.25, -0.2) is 0 Å². The minimum atomic E-state index is 0.548. The molecule has 2 nitrogen and oxygen atoms in total. The number of anilines is 1. The second-order valence-electron chi connectivity index (χ2n) is 3.42. The molecule has 0 aliphatic rings. The Morgan fingerprint density at radius 3 is 2.80 bits per heavy atom. The molecular weight excluding hydrogens is 184 g/mol. The zero-order chi connectivity index (χ0) is 10.7. The molecule has 15 heavy (non-hydrogen) atoms. The first-order valence-electron chi connectivity index (χ1n) is 4.86. The minimum Gasteiger partial charge on any atom is -0.398 e. The van der Waals surface area contributed by atoms with E-state index >= 15 is 0 Å². The van der Waals surface area contributed by atoms with Gasteiger partial charge in [-0.1, -0.05) is 30.3 Å². The van der Waals surface area contributed by atoms with Crippen molar-refractivity contribution in [1.82, 2.24) is 0 Å². The lowest BCUT2D eigenvalue weighted by atomic mass is 10.0. The van der Waals surface area contributed by atoms with Crippen LogP contribution < -0.4 is 11.5 Å². The fourth-order valence-electron chi connectivity index (χ4n) is 1.57. The standard InChI is InChI=1S/C13H13N2/c14-9-10-4-3-5-11(8-10)12-6-1-2-7-13(12)15/h1,3-8H,9,14-15H2. The van der Waals surface area contributed by atoms with Crippen molar-refractivity contribution in [1.29, 1.82) is 0 Å². The predicted octanol–water partition coefficient (Wildman–Crippen LogP) is 2.19. The van der Waals surface area contributed by atoms with Crippen molar-refractivity contribution < 1.29 is 0 Å². The summed E-state index contributed by atoms with van der Waals surface area (Å²) >= 11 is 0. The first-order chi connectivity index (χ1) is 7.31. The Labute approximate surface area is 89.5 Å². The summed E-state index contributed by atoms with van der Waals surface area (Å²) in [4.78, 5) is 0. The summed E-state index contributed by atoms with van der Waals surface area (Å²) in [6.45, 7) is 0.548. The van der Waals surface area contributed by atoms with Gasteiger partial charge in [0.15, 0.2) is 0 Å². The number of benzene rings is 2. The molecular formula is C13H13N2. The summed E-state index contributed by atoms with van der Waals surface area (Å²) in [5.74, 6) is 0. The van der Waals surface area contributed by atoms with E-state index in [2.05, 4.69) is 12.1 Å². The van der Waals surface area contributed by atoms with E-state index in [1.807, 2.05) is 30.3 Å². The van der Waals surface area contributed by atoms with Crippen LogP contribution in [-0.4, -0.2) is 0 Å². The van der Waals surface area contributed by atoms with E-state index in [0.717, 1.165) is 22.4 Å². The summed E-state index contributed by atoms with van der Waals surface area (Å²) in [6, 6.07) is 16.7. The van der Waals surface area contributed by atoms with Gasteiger partial charge in [0, 0.05) is 17.8 Å². The molecule has 0 saturated heterocycles. The molecule has 0 atom stereocenters. The molecule has 2 aromatic rings. The van der Waals surface area contributed by atoms with Crippen LogP contribution in [0.3, 0.4) is 0 Å². The molecule has 0 fully saturated rings. The highest BCUT2D eigenvalue weighted by molar-refractivity contribution is 5.76. The lowest BCUT2D eigenvalue weighted by Crippen LogP contribution is -1.96. The number of nitrogen functional groups attached to an aromatic ring is 1. The second kappa shape index (κ2) is 4.15. The fourth-order valence-corrected chi connectivity index (χ4v) is 1.57. The molecule has 75 valence electrons. The summed E-state index contributed by atoms with van der Waals surface area (Å²) in [6.07, 6.45) is 0. The van der Waals surface area contributed by atoms with Crippen molar-refractivity contribution in [3.8, 4) is 11.1 Å². The van der Waals surface area contributed by atoms with Crippen LogP contribution in [0.5, 0.6) is 0 Å². The molecule has 0 aliphatic heterocycles. The first-order valence-corrected chi connectivity index (χ1v) is 4.86. The average Bonchev–Trinajstić information content (AvgIpc) is 2.30. The summed E-state index contributed by atoms with van der Waals surface area (Å²) in [5, 5.41) is 0. The molecule has 4 N–H and O–H groups in total. The van der Waals surface area contributed by atoms with Crippen molar-refractivity contribution in [2.45, 2.75) is 6.54 Å². The van der Waals surface area contributed by atoms with Crippen LogP contribution in [0.4, 0.5) is 5.69 Å². The van der Waals surface area contributed by atoms with Crippen LogP contribution in [0.1, 0.15) is 5.56 Å². The Balaban J connectivity index is 2.49. The molecule has 2 aromatic carbocycles. The van der Waals surface area contributed by atoms with E-state index in [1.165, 1.54) is 0 Å². The van der Waals surface area contributed by atoms with Gasteiger partial charge in [0.05, 0.1) is 0 Å². The third-order valence-electron chi connectivity index (χ3n) is 2.37. The quantitative estimate of drug-likeness (QED) is 0.725. The summed E-state index contributed by atoms with van der Waals surface area (Å²) in [7, 11) is 0. The van der Waals surface area contributed by atoms with Crippen molar-refractivity contribution in [2.24, 2.45) is 5.73 Å². The molecule has 0 heterocycles. The van der Waals surface area contributed by atoms with Gasteiger partial charge in [-0.05, 0) is 29.3 Å². The number of hydrogen-bond acceptors (Lipinski definition) is 2. The highest BCUT2D eigenvalue weighted by atomic mass is 14.6. The zero-order valence-corrected chi connectivity index (χ0v) is 8.40. The minimum absolute atomic E-state index is 0.548.